The van der Waals surface area contributed by atoms with Crippen LogP contribution in [-0.4, -0.2) is 72.8 Å². The number of aliphatic carboxylic acids is 1. The lowest BCUT2D eigenvalue weighted by molar-refractivity contribution is -0.139. The minimum absolute atomic E-state index is 0.389. The molecule has 220 valence electrons. The van der Waals surface area contributed by atoms with Crippen molar-refractivity contribution in [2.45, 2.75) is 19.3 Å². The molecule has 42 heavy (non-hydrogen) atoms. The number of halogens is 1. The molecule has 1 aliphatic heterocycles. The van der Waals surface area contributed by atoms with Crippen LogP contribution in [0.25, 0.3) is 28.2 Å². The van der Waals surface area contributed by atoms with Crippen molar-refractivity contribution >= 4 is 21.9 Å². The number of methoxy groups -OCH3 is 2. The summed E-state index contributed by atoms with van der Waals surface area (Å²) in [5, 5.41) is 14.1. The van der Waals surface area contributed by atoms with Crippen LogP contribution in [0.3, 0.4) is 0 Å². The lowest BCUT2D eigenvalue weighted by atomic mass is 10.1. The highest BCUT2D eigenvalue weighted by atomic mass is 79.9. The van der Waals surface area contributed by atoms with Crippen LogP contribution >= 0.6 is 15.9 Å². The van der Waals surface area contributed by atoms with Crippen LogP contribution in [-0.2, 0) is 4.79 Å². The Balaban J connectivity index is 1.51. The van der Waals surface area contributed by atoms with Crippen molar-refractivity contribution in [1.82, 2.24) is 14.7 Å². The zero-order valence-corrected chi connectivity index (χ0v) is 25.3. The average Bonchev–Trinajstić information content (AvgIpc) is 3.46. The Labute approximate surface area is 253 Å². The van der Waals surface area contributed by atoms with Crippen molar-refractivity contribution in [2.75, 3.05) is 47.1 Å². The van der Waals surface area contributed by atoms with Crippen molar-refractivity contribution in [3.05, 3.63) is 71.2 Å². The number of rotatable bonds is 12. The second kappa shape index (κ2) is 13.8. The van der Waals surface area contributed by atoms with E-state index in [4.69, 9.17) is 24.0 Å². The molecular weight excluding hydrogens is 602 g/mol. The van der Waals surface area contributed by atoms with Crippen molar-refractivity contribution in [3.63, 3.8) is 0 Å². The third kappa shape index (κ3) is 7.06. The molecule has 0 unspecified atom stereocenters. The quantitative estimate of drug-likeness (QED) is 0.193. The maximum Gasteiger partial charge on any atom is 0.341 e. The summed E-state index contributed by atoms with van der Waals surface area (Å²) < 4.78 is 25.7. The first kappa shape index (κ1) is 29.5. The van der Waals surface area contributed by atoms with E-state index in [0.717, 1.165) is 41.1 Å². The van der Waals surface area contributed by atoms with E-state index in [2.05, 4.69) is 20.8 Å². The molecule has 0 amide bonds. The van der Waals surface area contributed by atoms with Gasteiger partial charge in [-0.1, -0.05) is 22.4 Å². The second-order valence-corrected chi connectivity index (χ2v) is 10.9. The molecule has 1 saturated heterocycles. The molecule has 1 fully saturated rings. The number of hydrogen-bond donors (Lipinski definition) is 1. The van der Waals surface area contributed by atoms with Gasteiger partial charge in [0.15, 0.2) is 18.1 Å². The predicted octanol–water partition coefficient (Wildman–Crippen LogP) is 6.31. The van der Waals surface area contributed by atoms with Gasteiger partial charge in [-0.3, -0.25) is 4.90 Å². The zero-order chi connectivity index (χ0) is 29.5. The van der Waals surface area contributed by atoms with Crippen LogP contribution in [0.1, 0.15) is 19.3 Å². The van der Waals surface area contributed by atoms with E-state index < -0.39 is 12.6 Å². The molecule has 2 heterocycles. The van der Waals surface area contributed by atoms with Crippen molar-refractivity contribution in [1.29, 1.82) is 0 Å². The molecular formula is C32H34BrN3O6. The number of carboxylic acids is 1. The largest absolute Gasteiger partial charge is 0.497 e. The Bertz CT molecular complexity index is 1520. The normalized spacial score (nSPS) is 13.5. The van der Waals surface area contributed by atoms with Gasteiger partial charge in [-0.2, -0.15) is 5.10 Å². The van der Waals surface area contributed by atoms with Gasteiger partial charge in [0.25, 0.3) is 0 Å². The maximum atomic E-state index is 11.2. The first-order valence-electron chi connectivity index (χ1n) is 13.9. The number of nitrogens with zero attached hydrogens (tertiary/aromatic N) is 3. The Hall–Kier alpha value is -4.02. The number of ether oxygens (including phenoxy) is 4. The van der Waals surface area contributed by atoms with E-state index >= 15 is 0 Å². The molecule has 4 aromatic rings. The molecule has 0 aliphatic carbocycles. The number of carbonyl (C=O) groups is 1. The van der Waals surface area contributed by atoms with Crippen molar-refractivity contribution in [3.8, 4) is 51.2 Å². The second-order valence-electron chi connectivity index (χ2n) is 9.96. The van der Waals surface area contributed by atoms with Crippen molar-refractivity contribution in [2.24, 2.45) is 0 Å². The van der Waals surface area contributed by atoms with Crippen LogP contribution < -0.4 is 18.9 Å². The van der Waals surface area contributed by atoms with E-state index in [0.29, 0.717) is 40.9 Å². The minimum atomic E-state index is -1.07. The Morgan fingerprint density at radius 1 is 0.881 bits per heavy atom. The van der Waals surface area contributed by atoms with Gasteiger partial charge in [0.05, 0.1) is 31.3 Å². The summed E-state index contributed by atoms with van der Waals surface area (Å²) in [5.74, 6) is 1.23. The van der Waals surface area contributed by atoms with Crippen LogP contribution in [0.5, 0.6) is 23.0 Å². The number of benzene rings is 3. The highest BCUT2D eigenvalue weighted by Crippen LogP contribution is 2.38. The molecule has 0 atom stereocenters. The number of aromatic nitrogens is 2. The highest BCUT2D eigenvalue weighted by molar-refractivity contribution is 9.10. The summed E-state index contributed by atoms with van der Waals surface area (Å²) in [6.07, 6.45) is 3.80. The summed E-state index contributed by atoms with van der Waals surface area (Å²) >= 11 is 3.51. The monoisotopic (exact) mass is 635 g/mol. The summed E-state index contributed by atoms with van der Waals surface area (Å²) in [5.41, 5.74) is 3.71. The van der Waals surface area contributed by atoms with E-state index in [1.54, 1.807) is 32.4 Å². The van der Waals surface area contributed by atoms with Gasteiger partial charge in [0.2, 0.25) is 0 Å². The van der Waals surface area contributed by atoms with Gasteiger partial charge in [-0.05, 0) is 92.7 Å². The Morgan fingerprint density at radius 3 is 2.36 bits per heavy atom. The van der Waals surface area contributed by atoms with E-state index in [-0.39, 0.29) is 0 Å². The molecule has 9 nitrogen and oxygen atoms in total. The number of likely N-dealkylation sites (tertiary alicyclic amines) is 1. The van der Waals surface area contributed by atoms with Crippen LogP contribution in [0.2, 0.25) is 0 Å². The third-order valence-electron chi connectivity index (χ3n) is 7.17. The maximum absolute atomic E-state index is 11.2. The van der Waals surface area contributed by atoms with Crippen LogP contribution in [0.4, 0.5) is 0 Å². The first-order chi connectivity index (χ1) is 20.4. The molecule has 3 aromatic carbocycles. The summed E-state index contributed by atoms with van der Waals surface area (Å²) in [4.78, 5) is 13.7. The Kier molecular flexibility index (Phi) is 9.66. The fourth-order valence-electron chi connectivity index (χ4n) is 5.01. The number of hydrogen-bond acceptors (Lipinski definition) is 7. The molecule has 0 spiro atoms. The molecule has 10 heteroatoms. The van der Waals surface area contributed by atoms with Gasteiger partial charge in [-0.15, -0.1) is 0 Å². The van der Waals surface area contributed by atoms with Gasteiger partial charge in [-0.25, -0.2) is 9.48 Å². The summed E-state index contributed by atoms with van der Waals surface area (Å²) in [6.45, 7) is 3.25. The zero-order valence-electron chi connectivity index (χ0n) is 23.7. The molecule has 5 rings (SSSR count). The van der Waals surface area contributed by atoms with Gasteiger partial charge < -0.3 is 24.1 Å². The highest BCUT2D eigenvalue weighted by Gasteiger charge is 2.19. The molecule has 0 saturated carbocycles. The standard InChI is InChI=1S/C32H34BrN3O6/c1-39-25-11-13-29(42-21-32(37)38)26(19-25)27-20-28(36(34-27)24-9-7-23(33)8-10-24)22-6-12-30(31(18-22)40-2)41-17-16-35-14-4-3-5-15-35/h6-13,18-20H,3-5,14-17,21H2,1-2H3,(H,37,38). The first-order valence-corrected chi connectivity index (χ1v) is 14.7. The Morgan fingerprint density at radius 2 is 1.64 bits per heavy atom. The summed E-state index contributed by atoms with van der Waals surface area (Å²) in [7, 11) is 3.21. The SMILES string of the molecule is COc1ccc(OCC(=O)O)c(-c2cc(-c3ccc(OCCN4CCCCC4)c(OC)c3)n(-c3ccc(Br)cc3)n2)c1. The molecule has 1 N–H and O–H groups in total. The molecule has 0 radical (unpaired) electrons. The van der Waals surface area contributed by atoms with Gasteiger partial charge in [0.1, 0.15) is 18.1 Å². The number of piperidine rings is 1. The van der Waals surface area contributed by atoms with Crippen LogP contribution in [0.15, 0.2) is 71.2 Å². The third-order valence-corrected chi connectivity index (χ3v) is 7.70. The van der Waals surface area contributed by atoms with E-state index in [1.165, 1.54) is 19.3 Å². The average molecular weight is 637 g/mol. The lowest BCUT2D eigenvalue weighted by Gasteiger charge is -2.26. The lowest BCUT2D eigenvalue weighted by Crippen LogP contribution is -2.33. The van der Waals surface area contributed by atoms with Crippen LogP contribution in [0, 0.1) is 0 Å². The molecule has 0 bridgehead atoms. The molecule has 1 aliphatic rings. The van der Waals surface area contributed by atoms with E-state index in [9.17, 15) is 9.90 Å². The minimum Gasteiger partial charge on any atom is -0.497 e. The van der Waals surface area contributed by atoms with E-state index in [1.807, 2.05) is 53.2 Å². The smallest absolute Gasteiger partial charge is 0.341 e. The summed E-state index contributed by atoms with van der Waals surface area (Å²) in [6, 6.07) is 20.8. The molecule has 1 aromatic heterocycles. The van der Waals surface area contributed by atoms with Gasteiger partial charge >= 0.3 is 5.97 Å². The fourth-order valence-corrected chi connectivity index (χ4v) is 5.28. The van der Waals surface area contributed by atoms with Gasteiger partial charge in [0, 0.05) is 22.1 Å². The fraction of sp³-hybridized carbons (Fsp3) is 0.312. The predicted molar refractivity (Wildman–Crippen MR) is 164 cm³/mol. The topological polar surface area (TPSA) is 95.3 Å². The number of carboxylic acid groups (broad SMARTS) is 1. The van der Waals surface area contributed by atoms with Crippen molar-refractivity contribution < 1.29 is 28.8 Å².